The molecule has 4 atom stereocenters. The highest BCUT2D eigenvalue weighted by atomic mass is 16.5. The van der Waals surface area contributed by atoms with E-state index in [2.05, 4.69) is 20.9 Å². The molecule has 0 aliphatic carbocycles. The molecule has 16 nitrogen and oxygen atoms in total. The normalized spacial score (nSPS) is 15.9. The van der Waals surface area contributed by atoms with Gasteiger partial charge in [-0.15, -0.1) is 0 Å². The van der Waals surface area contributed by atoms with Crippen molar-refractivity contribution in [2.24, 2.45) is 16.5 Å². The highest BCUT2D eigenvalue weighted by Gasteiger charge is 2.42. The zero-order chi connectivity index (χ0) is 34.3. The maximum Gasteiger partial charge on any atom is 0.408 e. The standard InChI is InChI=1S/C31H39N7O9/c32-30(33)34-14-7-12-21(37-31(46)47-18-20-10-5-2-6-11-20)26(41)35-22-13-15-38(28(22)43)24(17-25(39)40)27(42)36-23(29(44)45)16-19-8-3-1-4-9-19/h1-6,8-11,21-24H,7,12-18H2,(H,35,41)(H,36,42)(H,37,46)(H,39,40)(H,44,45)(H4,32,33,34)/t21-,22+,23-,24-/m0/s1. The molecule has 1 saturated heterocycles. The number of aliphatic carboxylic acids is 2. The number of likely N-dealkylation sites (tertiary alicyclic amines) is 1. The minimum Gasteiger partial charge on any atom is -0.481 e. The summed E-state index contributed by atoms with van der Waals surface area (Å²) in [5.41, 5.74) is 12.1. The van der Waals surface area contributed by atoms with Gasteiger partial charge in [0.05, 0.1) is 6.42 Å². The molecule has 252 valence electrons. The van der Waals surface area contributed by atoms with Crippen molar-refractivity contribution >= 4 is 41.7 Å². The van der Waals surface area contributed by atoms with Crippen molar-refractivity contribution in [3.05, 3.63) is 71.8 Å². The summed E-state index contributed by atoms with van der Waals surface area (Å²) < 4.78 is 5.23. The summed E-state index contributed by atoms with van der Waals surface area (Å²) >= 11 is 0. The number of rotatable bonds is 17. The molecular weight excluding hydrogens is 614 g/mol. The van der Waals surface area contributed by atoms with Crippen LogP contribution in [0.2, 0.25) is 0 Å². The summed E-state index contributed by atoms with van der Waals surface area (Å²) in [5.74, 6) is -5.29. The summed E-state index contributed by atoms with van der Waals surface area (Å²) in [6.07, 6.45) is -1.35. The van der Waals surface area contributed by atoms with Gasteiger partial charge in [-0.25, -0.2) is 9.59 Å². The van der Waals surface area contributed by atoms with Crippen LogP contribution in [0.15, 0.2) is 65.7 Å². The molecule has 0 radical (unpaired) electrons. The second-order valence-corrected chi connectivity index (χ2v) is 10.8. The maximum absolute atomic E-state index is 13.4. The summed E-state index contributed by atoms with van der Waals surface area (Å²) in [4.78, 5) is 80.9. The van der Waals surface area contributed by atoms with Crippen LogP contribution in [0.25, 0.3) is 0 Å². The number of aliphatic imine (C=N–C) groups is 1. The lowest BCUT2D eigenvalue weighted by Crippen LogP contribution is -2.55. The smallest absolute Gasteiger partial charge is 0.408 e. The molecule has 1 fully saturated rings. The van der Waals surface area contributed by atoms with Gasteiger partial charge < -0.3 is 47.3 Å². The lowest BCUT2D eigenvalue weighted by molar-refractivity contribution is -0.147. The lowest BCUT2D eigenvalue weighted by atomic mass is 10.0. The largest absolute Gasteiger partial charge is 0.481 e. The Hall–Kier alpha value is -5.67. The molecule has 0 aromatic heterocycles. The number of hydrogen-bond acceptors (Lipinski definition) is 8. The van der Waals surface area contributed by atoms with Gasteiger partial charge in [-0.1, -0.05) is 60.7 Å². The van der Waals surface area contributed by atoms with Crippen LogP contribution in [0.3, 0.4) is 0 Å². The van der Waals surface area contributed by atoms with Crippen LogP contribution >= 0.6 is 0 Å². The molecule has 16 heteroatoms. The number of nitrogens with one attached hydrogen (secondary N) is 3. The monoisotopic (exact) mass is 653 g/mol. The number of carbonyl (C=O) groups excluding carboxylic acids is 4. The van der Waals surface area contributed by atoms with Crippen molar-refractivity contribution in [2.75, 3.05) is 13.1 Å². The number of benzene rings is 2. The molecule has 0 spiro atoms. The van der Waals surface area contributed by atoms with Gasteiger partial charge in [0.1, 0.15) is 30.8 Å². The first kappa shape index (κ1) is 35.8. The summed E-state index contributed by atoms with van der Waals surface area (Å²) in [6, 6.07) is 12.2. The summed E-state index contributed by atoms with van der Waals surface area (Å²) in [5, 5.41) is 26.6. The Morgan fingerprint density at radius 3 is 2.15 bits per heavy atom. The number of alkyl carbamates (subject to hydrolysis) is 1. The van der Waals surface area contributed by atoms with Crippen molar-refractivity contribution in [2.45, 2.75) is 62.9 Å². The third-order valence-electron chi connectivity index (χ3n) is 7.27. The Balaban J connectivity index is 1.67. The van der Waals surface area contributed by atoms with E-state index in [1.165, 1.54) is 0 Å². The van der Waals surface area contributed by atoms with Gasteiger partial charge >= 0.3 is 18.0 Å². The van der Waals surface area contributed by atoms with Gasteiger partial charge in [0, 0.05) is 19.5 Å². The Morgan fingerprint density at radius 2 is 1.55 bits per heavy atom. The average molecular weight is 654 g/mol. The molecule has 1 aliphatic heterocycles. The minimum absolute atomic E-state index is 0.0273. The molecule has 1 aliphatic rings. The Bertz CT molecular complexity index is 1440. The fourth-order valence-corrected chi connectivity index (χ4v) is 4.92. The van der Waals surface area contributed by atoms with E-state index >= 15 is 0 Å². The molecule has 3 rings (SSSR count). The topological polar surface area (TPSA) is 256 Å². The van der Waals surface area contributed by atoms with Gasteiger partial charge in [0.2, 0.25) is 17.7 Å². The van der Waals surface area contributed by atoms with E-state index in [-0.39, 0.29) is 51.3 Å². The van der Waals surface area contributed by atoms with E-state index in [1.807, 2.05) is 0 Å². The number of nitrogens with zero attached hydrogens (tertiary/aromatic N) is 2. The first-order valence-electron chi connectivity index (χ1n) is 14.9. The second-order valence-electron chi connectivity index (χ2n) is 10.8. The predicted molar refractivity (Wildman–Crippen MR) is 167 cm³/mol. The molecule has 2 aromatic rings. The van der Waals surface area contributed by atoms with E-state index in [9.17, 15) is 39.0 Å². The Labute approximate surface area is 270 Å². The molecular formula is C31H39N7O9. The fourth-order valence-electron chi connectivity index (χ4n) is 4.92. The van der Waals surface area contributed by atoms with Gasteiger partial charge in [0.25, 0.3) is 0 Å². The number of guanidine groups is 1. The highest BCUT2D eigenvalue weighted by Crippen LogP contribution is 2.19. The van der Waals surface area contributed by atoms with Gasteiger partial charge in [-0.3, -0.25) is 24.2 Å². The summed E-state index contributed by atoms with van der Waals surface area (Å²) in [7, 11) is 0. The number of hydrogen-bond donors (Lipinski definition) is 7. The maximum atomic E-state index is 13.4. The number of amides is 4. The van der Waals surface area contributed by atoms with Crippen LogP contribution < -0.4 is 27.4 Å². The SMILES string of the molecule is NC(N)=NCCC[C@H](NC(=O)OCc1ccccc1)C(=O)N[C@@H]1CCN([C@@H](CC(=O)O)C(=O)N[C@@H](Cc2ccccc2)C(=O)O)C1=O. The second kappa shape index (κ2) is 17.7. The Morgan fingerprint density at radius 1 is 0.915 bits per heavy atom. The van der Waals surface area contributed by atoms with Gasteiger partial charge in [0.15, 0.2) is 5.96 Å². The number of carboxylic acids is 2. The average Bonchev–Trinajstić information content (AvgIpc) is 3.39. The van der Waals surface area contributed by atoms with Crippen LogP contribution in [0.5, 0.6) is 0 Å². The fraction of sp³-hybridized carbons (Fsp3) is 0.387. The first-order chi connectivity index (χ1) is 22.4. The van der Waals surface area contributed by atoms with Gasteiger partial charge in [-0.05, 0) is 30.4 Å². The van der Waals surface area contributed by atoms with Crippen LogP contribution in [0.4, 0.5) is 4.79 Å². The third kappa shape index (κ3) is 11.6. The molecule has 2 aromatic carbocycles. The van der Waals surface area contributed by atoms with E-state index in [0.29, 0.717) is 5.56 Å². The molecule has 0 bridgehead atoms. The van der Waals surface area contributed by atoms with Gasteiger partial charge in [-0.2, -0.15) is 0 Å². The number of carbonyl (C=O) groups is 6. The zero-order valence-corrected chi connectivity index (χ0v) is 25.5. The highest BCUT2D eigenvalue weighted by molar-refractivity contribution is 5.97. The lowest BCUT2D eigenvalue weighted by Gasteiger charge is -2.28. The van der Waals surface area contributed by atoms with E-state index in [0.717, 1.165) is 10.5 Å². The van der Waals surface area contributed by atoms with Crippen molar-refractivity contribution in [1.29, 1.82) is 0 Å². The molecule has 1 heterocycles. The van der Waals surface area contributed by atoms with E-state index in [4.69, 9.17) is 16.2 Å². The van der Waals surface area contributed by atoms with Crippen LogP contribution in [-0.2, 0) is 41.7 Å². The molecule has 0 unspecified atom stereocenters. The van der Waals surface area contributed by atoms with Crippen molar-refractivity contribution < 1.29 is 43.7 Å². The van der Waals surface area contributed by atoms with Crippen molar-refractivity contribution in [1.82, 2.24) is 20.9 Å². The molecule has 9 N–H and O–H groups in total. The molecule has 47 heavy (non-hydrogen) atoms. The summed E-state index contributed by atoms with van der Waals surface area (Å²) in [6.45, 7) is 0.0239. The predicted octanol–water partition coefficient (Wildman–Crippen LogP) is -0.292. The number of ether oxygens (including phenoxy) is 1. The molecule has 0 saturated carbocycles. The molecule has 4 amide bonds. The Kier molecular flexibility index (Phi) is 13.5. The van der Waals surface area contributed by atoms with Crippen LogP contribution in [-0.4, -0.2) is 94.1 Å². The first-order valence-corrected chi connectivity index (χ1v) is 14.9. The van der Waals surface area contributed by atoms with E-state index < -0.39 is 66.3 Å². The minimum atomic E-state index is -1.54. The van der Waals surface area contributed by atoms with Crippen molar-refractivity contribution in [3.8, 4) is 0 Å². The third-order valence-corrected chi connectivity index (χ3v) is 7.27. The number of nitrogens with two attached hydrogens (primary N) is 2. The zero-order valence-electron chi connectivity index (χ0n) is 25.5. The van der Waals surface area contributed by atoms with Crippen LogP contribution in [0.1, 0.15) is 36.8 Å². The quantitative estimate of drug-likeness (QED) is 0.0663. The number of carboxylic acid groups (broad SMARTS) is 2. The van der Waals surface area contributed by atoms with E-state index in [1.54, 1.807) is 60.7 Å². The van der Waals surface area contributed by atoms with Crippen LogP contribution in [0, 0.1) is 0 Å². The van der Waals surface area contributed by atoms with Crippen molar-refractivity contribution in [3.63, 3.8) is 0 Å².